The molecule has 0 fully saturated rings. The van der Waals surface area contributed by atoms with Crippen LogP contribution in [0.25, 0.3) is 0 Å². The van der Waals surface area contributed by atoms with Gasteiger partial charge in [0.1, 0.15) is 12.0 Å². The van der Waals surface area contributed by atoms with E-state index in [2.05, 4.69) is 5.18 Å². The zero-order chi connectivity index (χ0) is 24.0. The van der Waals surface area contributed by atoms with Crippen LogP contribution in [0.15, 0.2) is 71.9 Å². The van der Waals surface area contributed by atoms with Gasteiger partial charge in [0.15, 0.2) is 0 Å². The molecule has 2 aliphatic rings. The topological polar surface area (TPSA) is 87.0 Å². The highest BCUT2D eigenvalue weighted by Gasteiger charge is 2.50. The summed E-state index contributed by atoms with van der Waals surface area (Å²) >= 11 is 12.7. The Hall–Kier alpha value is -3.22. The van der Waals surface area contributed by atoms with Gasteiger partial charge in [0.25, 0.3) is 5.91 Å². The van der Waals surface area contributed by atoms with Crippen LogP contribution in [0.5, 0.6) is 0 Å². The summed E-state index contributed by atoms with van der Waals surface area (Å²) in [4.78, 5) is 40.3. The number of carboxylic acid groups (broad SMARTS) is 1. The van der Waals surface area contributed by atoms with Gasteiger partial charge in [-0.2, -0.15) is 4.91 Å². The Bertz CT molecular complexity index is 1310. The molecule has 1 heterocycles. The van der Waals surface area contributed by atoms with E-state index < -0.39 is 30.0 Å². The van der Waals surface area contributed by atoms with Crippen molar-refractivity contribution in [2.75, 3.05) is 0 Å². The molecule has 4 atom stereocenters. The number of halogens is 2. The highest BCUT2D eigenvalue weighted by atomic mass is 35.5. The molecule has 1 aliphatic heterocycles. The van der Waals surface area contributed by atoms with Gasteiger partial charge in [0.05, 0.1) is 12.1 Å². The highest BCUT2D eigenvalue weighted by molar-refractivity contribution is 6.35. The minimum Gasteiger partial charge on any atom is -0.481 e. The molecule has 3 aromatic carbocycles. The van der Waals surface area contributed by atoms with Gasteiger partial charge in [0.2, 0.25) is 0 Å². The van der Waals surface area contributed by atoms with E-state index in [0.717, 1.165) is 11.1 Å². The predicted octanol–water partition coefficient (Wildman–Crippen LogP) is 6.18. The van der Waals surface area contributed by atoms with Gasteiger partial charge in [-0.1, -0.05) is 76.9 Å². The second-order valence-electron chi connectivity index (χ2n) is 8.58. The van der Waals surface area contributed by atoms with Crippen LogP contribution in [0, 0.1) is 4.91 Å². The molecule has 1 aliphatic carbocycles. The van der Waals surface area contributed by atoms with Crippen molar-refractivity contribution in [1.29, 1.82) is 0 Å². The van der Waals surface area contributed by atoms with E-state index in [4.69, 9.17) is 23.2 Å². The van der Waals surface area contributed by atoms with Crippen molar-refractivity contribution in [2.45, 2.75) is 36.9 Å². The van der Waals surface area contributed by atoms with Crippen LogP contribution < -0.4 is 0 Å². The van der Waals surface area contributed by atoms with Gasteiger partial charge in [-0.3, -0.25) is 9.59 Å². The third-order valence-corrected chi connectivity index (χ3v) is 7.37. The van der Waals surface area contributed by atoms with Crippen molar-refractivity contribution < 1.29 is 14.7 Å². The van der Waals surface area contributed by atoms with E-state index in [0.29, 0.717) is 34.6 Å². The van der Waals surface area contributed by atoms with E-state index in [1.807, 2.05) is 24.3 Å². The van der Waals surface area contributed by atoms with Gasteiger partial charge in [0, 0.05) is 15.6 Å². The number of aryl methyl sites for hydroxylation is 1. The number of hydrogen-bond donors (Lipinski definition) is 1. The number of carbonyl (C=O) groups excluding carboxylic acids is 1. The smallest absolute Gasteiger partial charge is 0.313 e. The molecule has 34 heavy (non-hydrogen) atoms. The lowest BCUT2D eigenvalue weighted by molar-refractivity contribution is -0.141. The Balaban J connectivity index is 1.81. The minimum absolute atomic E-state index is 0.251. The lowest BCUT2D eigenvalue weighted by Crippen LogP contribution is -2.50. The molecule has 3 aromatic rings. The molecule has 0 saturated carbocycles. The molecule has 6 nitrogen and oxygen atoms in total. The van der Waals surface area contributed by atoms with Gasteiger partial charge >= 0.3 is 5.97 Å². The molecular weight excluding hydrogens is 475 g/mol. The quantitative estimate of drug-likeness (QED) is 0.438. The molecule has 4 unspecified atom stereocenters. The van der Waals surface area contributed by atoms with Crippen LogP contribution in [-0.2, 0) is 11.2 Å². The number of hydrogen-bond acceptors (Lipinski definition) is 4. The first-order chi connectivity index (χ1) is 16.4. The number of fused-ring (bicyclic) bond motifs is 2. The molecular formula is C26H20Cl2N2O4. The summed E-state index contributed by atoms with van der Waals surface area (Å²) < 4.78 is 0. The average Bonchev–Trinajstić information content (AvgIpc) is 2.83. The number of nitroso groups, excluding NO2 is 1. The summed E-state index contributed by atoms with van der Waals surface area (Å²) in [5.41, 5.74) is 2.96. The number of nitrogens with zero attached hydrogens (tertiary/aromatic N) is 2. The monoisotopic (exact) mass is 494 g/mol. The molecule has 0 saturated heterocycles. The fraction of sp³-hybridized carbons (Fsp3) is 0.231. The van der Waals surface area contributed by atoms with Crippen LogP contribution in [0.1, 0.15) is 57.0 Å². The molecule has 0 spiro atoms. The standard InChI is InChI=1S/C26H20Cl2N2O4/c27-15-10-11-19(20(28)13-15)24-22(26(32)33)17-7-3-4-8-18(17)25(31)30(24)23-16-6-2-1-5-14(16)9-12-21(23)29-34/h1-8,10-11,13,21-24H,9,12H2,(H,32,33). The predicted molar refractivity (Wildman–Crippen MR) is 129 cm³/mol. The summed E-state index contributed by atoms with van der Waals surface area (Å²) in [6.45, 7) is 0. The summed E-state index contributed by atoms with van der Waals surface area (Å²) in [5, 5.41) is 14.4. The van der Waals surface area contributed by atoms with Crippen molar-refractivity contribution in [2.24, 2.45) is 5.18 Å². The molecule has 172 valence electrons. The Morgan fingerprint density at radius 2 is 1.65 bits per heavy atom. The van der Waals surface area contributed by atoms with E-state index in [1.165, 1.54) is 11.0 Å². The van der Waals surface area contributed by atoms with Crippen LogP contribution in [0.3, 0.4) is 0 Å². The lowest BCUT2D eigenvalue weighted by Gasteiger charge is -2.47. The molecule has 5 rings (SSSR count). The van der Waals surface area contributed by atoms with Crippen molar-refractivity contribution in [1.82, 2.24) is 4.90 Å². The zero-order valence-corrected chi connectivity index (χ0v) is 19.4. The SMILES string of the molecule is O=NC1CCc2ccccc2C1N1C(=O)c2ccccc2C(C(=O)O)C1c1ccc(Cl)cc1Cl. The Morgan fingerprint density at radius 3 is 2.35 bits per heavy atom. The molecule has 0 aromatic heterocycles. The van der Waals surface area contributed by atoms with E-state index in [1.54, 1.807) is 36.4 Å². The van der Waals surface area contributed by atoms with E-state index >= 15 is 0 Å². The Morgan fingerprint density at radius 1 is 0.941 bits per heavy atom. The van der Waals surface area contributed by atoms with Crippen LogP contribution >= 0.6 is 23.2 Å². The zero-order valence-electron chi connectivity index (χ0n) is 17.9. The van der Waals surface area contributed by atoms with E-state index in [-0.39, 0.29) is 10.9 Å². The second kappa shape index (κ2) is 8.85. The third-order valence-electron chi connectivity index (χ3n) is 6.81. The number of benzene rings is 3. The maximum Gasteiger partial charge on any atom is 0.313 e. The summed E-state index contributed by atoms with van der Waals surface area (Å²) in [6.07, 6.45) is 1.10. The second-order valence-corrected chi connectivity index (χ2v) is 9.42. The van der Waals surface area contributed by atoms with Crippen molar-refractivity contribution >= 4 is 35.1 Å². The molecule has 0 bridgehead atoms. The van der Waals surface area contributed by atoms with Gasteiger partial charge in [-0.25, -0.2) is 0 Å². The van der Waals surface area contributed by atoms with Crippen LogP contribution in [0.4, 0.5) is 0 Å². The van der Waals surface area contributed by atoms with Gasteiger partial charge < -0.3 is 10.0 Å². The van der Waals surface area contributed by atoms with Gasteiger partial charge in [-0.05, 0) is 53.3 Å². The minimum atomic E-state index is -1.10. The van der Waals surface area contributed by atoms with Crippen molar-refractivity contribution in [3.05, 3.63) is 109 Å². The number of aliphatic carboxylic acids is 1. The lowest BCUT2D eigenvalue weighted by atomic mass is 9.75. The summed E-state index contributed by atoms with van der Waals surface area (Å²) in [6, 6.07) is 16.7. The van der Waals surface area contributed by atoms with Crippen LogP contribution in [0.2, 0.25) is 10.0 Å². The Labute approximate surface area is 206 Å². The summed E-state index contributed by atoms with van der Waals surface area (Å²) in [5.74, 6) is -2.56. The first kappa shape index (κ1) is 22.6. The maximum atomic E-state index is 14.0. The van der Waals surface area contributed by atoms with Crippen molar-refractivity contribution in [3.63, 3.8) is 0 Å². The average molecular weight is 495 g/mol. The number of amides is 1. The van der Waals surface area contributed by atoms with Crippen molar-refractivity contribution in [3.8, 4) is 0 Å². The molecule has 1 N–H and O–H groups in total. The largest absolute Gasteiger partial charge is 0.481 e. The molecule has 8 heteroatoms. The third kappa shape index (κ3) is 3.58. The fourth-order valence-corrected chi connectivity index (χ4v) is 5.88. The summed E-state index contributed by atoms with van der Waals surface area (Å²) in [7, 11) is 0. The normalized spacial score (nSPS) is 23.7. The number of carboxylic acids is 1. The van der Waals surface area contributed by atoms with Crippen LogP contribution in [-0.4, -0.2) is 27.9 Å². The van der Waals surface area contributed by atoms with E-state index in [9.17, 15) is 19.6 Å². The molecule has 1 amide bonds. The maximum absolute atomic E-state index is 14.0. The first-order valence-corrected chi connectivity index (χ1v) is 11.7. The fourth-order valence-electron chi connectivity index (χ4n) is 5.36. The molecule has 0 radical (unpaired) electrons. The highest BCUT2D eigenvalue weighted by Crippen LogP contribution is 2.51. The first-order valence-electron chi connectivity index (χ1n) is 10.9. The van der Waals surface area contributed by atoms with Gasteiger partial charge in [-0.15, -0.1) is 0 Å². The number of carbonyl (C=O) groups is 2. The Kier molecular flexibility index (Phi) is 5.88. The number of rotatable bonds is 4.